The molecule has 29 heavy (non-hydrogen) atoms. The van der Waals surface area contributed by atoms with E-state index < -0.39 is 0 Å². The van der Waals surface area contributed by atoms with Crippen LogP contribution in [0.1, 0.15) is 5.56 Å². The van der Waals surface area contributed by atoms with Crippen LogP contribution in [-0.2, 0) is 11.3 Å². The number of hydrogen-bond donors (Lipinski definition) is 1. The largest absolute Gasteiger partial charge is 0.496 e. The fourth-order valence-corrected chi connectivity index (χ4v) is 2.65. The first kappa shape index (κ1) is 22.3. The van der Waals surface area contributed by atoms with Gasteiger partial charge in [0.2, 0.25) is 5.91 Å². The van der Waals surface area contributed by atoms with Crippen LogP contribution in [0.3, 0.4) is 0 Å². The lowest BCUT2D eigenvalue weighted by molar-refractivity contribution is -0.122. The Balaban J connectivity index is 1.80. The van der Waals surface area contributed by atoms with E-state index in [1.807, 2.05) is 11.9 Å². The SMILES string of the molecule is COc1cc(OC)c(OC)cc1CNC(=O)CN(C)CCOc1ccc(F)cc1. The number of halogens is 1. The third-order valence-electron chi connectivity index (χ3n) is 4.23. The summed E-state index contributed by atoms with van der Waals surface area (Å²) in [7, 11) is 6.48. The second kappa shape index (κ2) is 11.1. The summed E-state index contributed by atoms with van der Waals surface area (Å²) in [5.41, 5.74) is 0.779. The van der Waals surface area contributed by atoms with Gasteiger partial charge in [0, 0.05) is 24.7 Å². The van der Waals surface area contributed by atoms with Crippen LogP contribution >= 0.6 is 0 Å². The zero-order valence-corrected chi connectivity index (χ0v) is 17.2. The fourth-order valence-electron chi connectivity index (χ4n) is 2.65. The van der Waals surface area contributed by atoms with Crippen molar-refractivity contribution >= 4 is 5.91 Å². The van der Waals surface area contributed by atoms with Gasteiger partial charge in [0.15, 0.2) is 11.5 Å². The normalized spacial score (nSPS) is 10.6. The number of ether oxygens (including phenoxy) is 4. The second-order valence-corrected chi connectivity index (χ2v) is 6.34. The number of amides is 1. The minimum absolute atomic E-state index is 0.133. The summed E-state index contributed by atoms with van der Waals surface area (Å²) in [6.45, 7) is 1.44. The molecule has 0 aromatic heterocycles. The number of methoxy groups -OCH3 is 3. The molecule has 0 atom stereocenters. The van der Waals surface area contributed by atoms with E-state index in [0.29, 0.717) is 42.7 Å². The molecule has 158 valence electrons. The Kier molecular flexibility index (Phi) is 8.54. The molecule has 0 aliphatic heterocycles. The first-order valence-corrected chi connectivity index (χ1v) is 9.09. The summed E-state index contributed by atoms with van der Waals surface area (Å²) in [5.74, 6) is 1.87. The Hall–Kier alpha value is -3.00. The molecule has 0 radical (unpaired) electrons. The standard InChI is InChI=1S/C21H27FN2O5/c1-24(9-10-29-17-7-5-16(22)6-8-17)14-21(25)23-13-15-11-19(27-3)20(28-4)12-18(15)26-2/h5-8,11-12H,9-10,13-14H2,1-4H3,(H,23,25). The van der Waals surface area contributed by atoms with E-state index in [1.54, 1.807) is 45.6 Å². The van der Waals surface area contributed by atoms with Gasteiger partial charge in [-0.1, -0.05) is 0 Å². The Labute approximate surface area is 170 Å². The van der Waals surface area contributed by atoms with Crippen LogP contribution in [0.4, 0.5) is 4.39 Å². The van der Waals surface area contributed by atoms with Crippen molar-refractivity contribution < 1.29 is 28.1 Å². The van der Waals surface area contributed by atoms with E-state index >= 15 is 0 Å². The van der Waals surface area contributed by atoms with Crippen molar-refractivity contribution in [3.63, 3.8) is 0 Å². The summed E-state index contributed by atoms with van der Waals surface area (Å²) in [4.78, 5) is 14.1. The van der Waals surface area contributed by atoms with Crippen LogP contribution in [-0.4, -0.2) is 58.9 Å². The number of carbonyl (C=O) groups is 1. The van der Waals surface area contributed by atoms with E-state index in [1.165, 1.54) is 12.1 Å². The molecule has 2 rings (SSSR count). The Morgan fingerprint density at radius 3 is 2.24 bits per heavy atom. The highest BCUT2D eigenvalue weighted by Crippen LogP contribution is 2.34. The van der Waals surface area contributed by atoms with Gasteiger partial charge in [-0.15, -0.1) is 0 Å². The van der Waals surface area contributed by atoms with E-state index in [4.69, 9.17) is 18.9 Å². The maximum Gasteiger partial charge on any atom is 0.234 e. The smallest absolute Gasteiger partial charge is 0.234 e. The van der Waals surface area contributed by atoms with Gasteiger partial charge in [0.25, 0.3) is 0 Å². The first-order chi connectivity index (χ1) is 14.0. The van der Waals surface area contributed by atoms with Gasteiger partial charge in [-0.25, -0.2) is 4.39 Å². The van der Waals surface area contributed by atoms with Crippen molar-refractivity contribution in [2.75, 3.05) is 48.1 Å². The molecule has 7 nitrogen and oxygen atoms in total. The van der Waals surface area contributed by atoms with Crippen molar-refractivity contribution in [1.29, 1.82) is 0 Å². The van der Waals surface area contributed by atoms with Crippen LogP contribution < -0.4 is 24.3 Å². The molecule has 0 spiro atoms. The van der Waals surface area contributed by atoms with Gasteiger partial charge in [-0.2, -0.15) is 0 Å². The average Bonchev–Trinajstić information content (AvgIpc) is 2.72. The molecule has 0 fully saturated rings. The van der Waals surface area contributed by atoms with E-state index in [9.17, 15) is 9.18 Å². The number of rotatable bonds is 11. The van der Waals surface area contributed by atoms with Gasteiger partial charge in [0.1, 0.15) is 23.9 Å². The lowest BCUT2D eigenvalue weighted by Crippen LogP contribution is -2.36. The Morgan fingerprint density at radius 1 is 1.00 bits per heavy atom. The van der Waals surface area contributed by atoms with E-state index in [0.717, 1.165) is 5.56 Å². The van der Waals surface area contributed by atoms with Gasteiger partial charge in [-0.05, 0) is 37.4 Å². The summed E-state index contributed by atoms with van der Waals surface area (Å²) < 4.78 is 34.3. The molecule has 1 N–H and O–H groups in total. The highest BCUT2D eigenvalue weighted by molar-refractivity contribution is 5.78. The molecule has 0 heterocycles. The van der Waals surface area contributed by atoms with Gasteiger partial charge in [0.05, 0.1) is 27.9 Å². The summed E-state index contributed by atoms with van der Waals surface area (Å²) in [6.07, 6.45) is 0. The molecule has 0 aliphatic carbocycles. The van der Waals surface area contributed by atoms with Crippen molar-refractivity contribution in [2.24, 2.45) is 0 Å². The van der Waals surface area contributed by atoms with Crippen LogP contribution in [0, 0.1) is 5.82 Å². The molecule has 0 saturated carbocycles. The highest BCUT2D eigenvalue weighted by atomic mass is 19.1. The summed E-state index contributed by atoms with van der Waals surface area (Å²) in [5, 5.41) is 2.87. The highest BCUT2D eigenvalue weighted by Gasteiger charge is 2.13. The minimum atomic E-state index is -0.308. The fraction of sp³-hybridized carbons (Fsp3) is 0.381. The molecule has 8 heteroatoms. The molecule has 1 amide bonds. The van der Waals surface area contributed by atoms with Crippen molar-refractivity contribution in [1.82, 2.24) is 10.2 Å². The summed E-state index contributed by atoms with van der Waals surface area (Å²) in [6, 6.07) is 9.32. The number of benzene rings is 2. The van der Waals surface area contributed by atoms with Crippen LogP contribution in [0.15, 0.2) is 36.4 Å². The second-order valence-electron chi connectivity index (χ2n) is 6.34. The van der Waals surface area contributed by atoms with Gasteiger partial charge < -0.3 is 24.3 Å². The number of likely N-dealkylation sites (N-methyl/N-ethyl adjacent to an activating group) is 1. The third-order valence-corrected chi connectivity index (χ3v) is 4.23. The maximum absolute atomic E-state index is 12.9. The quantitative estimate of drug-likeness (QED) is 0.618. The molecular weight excluding hydrogens is 379 g/mol. The zero-order chi connectivity index (χ0) is 21.2. The van der Waals surface area contributed by atoms with Crippen molar-refractivity contribution in [3.8, 4) is 23.0 Å². The predicted molar refractivity (Wildman–Crippen MR) is 107 cm³/mol. The molecule has 0 bridgehead atoms. The minimum Gasteiger partial charge on any atom is -0.496 e. The lowest BCUT2D eigenvalue weighted by Gasteiger charge is -2.18. The molecule has 0 aliphatic rings. The number of hydrogen-bond acceptors (Lipinski definition) is 6. The van der Waals surface area contributed by atoms with Gasteiger partial charge in [-0.3, -0.25) is 9.69 Å². The maximum atomic E-state index is 12.9. The Bertz CT molecular complexity index is 798. The van der Waals surface area contributed by atoms with Crippen molar-refractivity contribution in [2.45, 2.75) is 6.54 Å². The molecule has 2 aromatic carbocycles. The van der Waals surface area contributed by atoms with E-state index in [2.05, 4.69) is 5.32 Å². The first-order valence-electron chi connectivity index (χ1n) is 9.09. The molecular formula is C21H27FN2O5. The predicted octanol–water partition coefficient (Wildman–Crippen LogP) is 2.48. The lowest BCUT2D eigenvalue weighted by atomic mass is 10.1. The Morgan fingerprint density at radius 2 is 1.62 bits per heavy atom. The van der Waals surface area contributed by atoms with Crippen LogP contribution in [0.2, 0.25) is 0 Å². The average molecular weight is 406 g/mol. The van der Waals surface area contributed by atoms with Gasteiger partial charge >= 0.3 is 0 Å². The zero-order valence-electron chi connectivity index (χ0n) is 17.2. The molecule has 2 aromatic rings. The number of nitrogens with zero attached hydrogens (tertiary/aromatic N) is 1. The summed E-state index contributed by atoms with van der Waals surface area (Å²) >= 11 is 0. The number of nitrogens with one attached hydrogen (secondary N) is 1. The topological polar surface area (TPSA) is 69.3 Å². The van der Waals surface area contributed by atoms with E-state index in [-0.39, 0.29) is 18.3 Å². The molecule has 0 saturated heterocycles. The molecule has 0 unspecified atom stereocenters. The van der Waals surface area contributed by atoms with Crippen molar-refractivity contribution in [3.05, 3.63) is 47.8 Å². The monoisotopic (exact) mass is 406 g/mol. The van der Waals surface area contributed by atoms with Crippen LogP contribution in [0.5, 0.6) is 23.0 Å². The number of carbonyl (C=O) groups excluding carboxylic acids is 1. The van der Waals surface area contributed by atoms with Crippen LogP contribution in [0.25, 0.3) is 0 Å². The third kappa shape index (κ3) is 6.83.